The van der Waals surface area contributed by atoms with E-state index in [2.05, 4.69) is 15.1 Å². The first kappa shape index (κ1) is 24.2. The predicted octanol–water partition coefficient (Wildman–Crippen LogP) is 1.89. The highest BCUT2D eigenvalue weighted by Crippen LogP contribution is 2.29. The molecule has 0 spiro atoms. The Bertz CT molecular complexity index is 1240. The van der Waals surface area contributed by atoms with Crippen LogP contribution in [0.4, 0.5) is 5.82 Å². The molecule has 176 valence electrons. The molecule has 2 N–H and O–H groups in total. The Morgan fingerprint density at radius 3 is 2.50 bits per heavy atom. The highest BCUT2D eigenvalue weighted by Gasteiger charge is 2.32. The fourth-order valence-corrected chi connectivity index (χ4v) is 6.84. The lowest BCUT2D eigenvalue weighted by molar-refractivity contribution is 0.102. The molecule has 0 aliphatic carbocycles. The van der Waals surface area contributed by atoms with Crippen molar-refractivity contribution < 1.29 is 26.4 Å². The number of ether oxygens (including phenoxy) is 1. The van der Waals surface area contributed by atoms with E-state index in [1.165, 1.54) is 30.0 Å². The Balaban J connectivity index is 1.92. The number of aromatic nitrogens is 2. The number of nitrogens with zero attached hydrogens (tertiary/aromatic N) is 2. The minimum absolute atomic E-state index is 0.0413. The summed E-state index contributed by atoms with van der Waals surface area (Å²) in [5.41, 5.74) is -0.00480. The van der Waals surface area contributed by atoms with Crippen LogP contribution in [0.2, 0.25) is 0 Å². The summed E-state index contributed by atoms with van der Waals surface area (Å²) in [5.74, 6) is -0.0648. The third-order valence-corrected chi connectivity index (χ3v) is 8.34. The third kappa shape index (κ3) is 5.48. The van der Waals surface area contributed by atoms with Crippen LogP contribution < -0.4 is 14.8 Å². The third-order valence-electron chi connectivity index (χ3n) is 4.81. The first-order valence-corrected chi connectivity index (χ1v) is 13.3. The van der Waals surface area contributed by atoms with Crippen LogP contribution in [0.3, 0.4) is 0 Å². The van der Waals surface area contributed by atoms with Crippen LogP contribution in [0.25, 0.3) is 0 Å². The van der Waals surface area contributed by atoms with Gasteiger partial charge in [0.2, 0.25) is 10.0 Å². The van der Waals surface area contributed by atoms with Crippen molar-refractivity contribution in [3.05, 3.63) is 35.5 Å². The number of sulfone groups is 1. The number of nitrogens with one attached hydrogen (secondary N) is 2. The van der Waals surface area contributed by atoms with Gasteiger partial charge in [0.25, 0.3) is 5.91 Å². The van der Waals surface area contributed by atoms with Crippen LogP contribution in [-0.2, 0) is 19.9 Å². The second-order valence-electron chi connectivity index (χ2n) is 8.85. The Hall–Kier alpha value is -2.44. The molecule has 1 aromatic carbocycles. The summed E-state index contributed by atoms with van der Waals surface area (Å²) < 4.78 is 58.7. The maximum atomic E-state index is 13.0. The van der Waals surface area contributed by atoms with Gasteiger partial charge in [-0.15, -0.1) is 0 Å². The van der Waals surface area contributed by atoms with Crippen LogP contribution in [0.5, 0.6) is 5.75 Å². The predicted molar refractivity (Wildman–Crippen MR) is 120 cm³/mol. The summed E-state index contributed by atoms with van der Waals surface area (Å²) in [6.07, 6.45) is 0.412. The van der Waals surface area contributed by atoms with Gasteiger partial charge in [-0.05, 0) is 52.3 Å². The van der Waals surface area contributed by atoms with Gasteiger partial charge in [-0.3, -0.25) is 4.79 Å². The van der Waals surface area contributed by atoms with Gasteiger partial charge in [0.1, 0.15) is 16.5 Å². The van der Waals surface area contributed by atoms with E-state index in [1.54, 1.807) is 33.8 Å². The van der Waals surface area contributed by atoms with Gasteiger partial charge in [-0.25, -0.2) is 26.2 Å². The Kier molecular flexibility index (Phi) is 6.42. The van der Waals surface area contributed by atoms with Crippen molar-refractivity contribution in [3.8, 4) is 5.75 Å². The summed E-state index contributed by atoms with van der Waals surface area (Å²) in [6, 6.07) is 5.39. The number of sulfonamides is 1. The summed E-state index contributed by atoms with van der Waals surface area (Å²) in [4.78, 5) is 12.8. The minimum atomic E-state index is -3.96. The molecule has 1 aromatic heterocycles. The fourth-order valence-electron chi connectivity index (χ4n) is 3.53. The molecule has 1 fully saturated rings. The van der Waals surface area contributed by atoms with E-state index in [0.717, 1.165) is 0 Å². The van der Waals surface area contributed by atoms with Crippen LogP contribution in [0.1, 0.15) is 49.3 Å². The van der Waals surface area contributed by atoms with Crippen LogP contribution >= 0.6 is 0 Å². The lowest BCUT2D eigenvalue weighted by atomic mass is 10.1. The summed E-state index contributed by atoms with van der Waals surface area (Å²) in [5, 5.41) is 7.07. The SMILES string of the molecule is COc1ccc(C(=O)Nc2cc(C)nn2C2CCS(=O)(=O)C2)cc1S(=O)(=O)NC(C)(C)C. The number of carbonyl (C=O) groups is 1. The summed E-state index contributed by atoms with van der Waals surface area (Å²) >= 11 is 0. The molecule has 0 radical (unpaired) electrons. The van der Waals surface area contributed by atoms with E-state index in [-0.39, 0.29) is 33.8 Å². The van der Waals surface area contributed by atoms with Crippen molar-refractivity contribution in [1.29, 1.82) is 0 Å². The number of methoxy groups -OCH3 is 1. The zero-order valence-corrected chi connectivity index (χ0v) is 20.3. The normalized spacial score (nSPS) is 18.5. The molecule has 1 aliphatic rings. The monoisotopic (exact) mass is 484 g/mol. The smallest absolute Gasteiger partial charge is 0.256 e. The first-order valence-electron chi connectivity index (χ1n) is 10.0. The van der Waals surface area contributed by atoms with Gasteiger partial charge in [-0.1, -0.05) is 0 Å². The number of carbonyl (C=O) groups excluding carboxylic acids is 1. The zero-order valence-electron chi connectivity index (χ0n) is 18.7. The lowest BCUT2D eigenvalue weighted by Gasteiger charge is -2.21. The molecule has 0 bridgehead atoms. The number of hydrogen-bond acceptors (Lipinski definition) is 7. The van der Waals surface area contributed by atoms with Crippen molar-refractivity contribution in [2.24, 2.45) is 0 Å². The van der Waals surface area contributed by atoms with Crippen LogP contribution in [0.15, 0.2) is 29.2 Å². The summed E-state index contributed by atoms with van der Waals surface area (Å²) in [7, 11) is -5.75. The quantitative estimate of drug-likeness (QED) is 0.639. The summed E-state index contributed by atoms with van der Waals surface area (Å²) in [6.45, 7) is 6.87. The molecular formula is C20H28N4O6S2. The van der Waals surface area contributed by atoms with Gasteiger partial charge < -0.3 is 10.1 Å². The Morgan fingerprint density at radius 2 is 1.94 bits per heavy atom. The molecule has 2 heterocycles. The maximum absolute atomic E-state index is 13.0. The van der Waals surface area contributed by atoms with Crippen molar-refractivity contribution in [2.75, 3.05) is 23.9 Å². The van der Waals surface area contributed by atoms with Gasteiger partial charge >= 0.3 is 0 Å². The molecule has 1 amide bonds. The largest absolute Gasteiger partial charge is 0.495 e. The fraction of sp³-hybridized carbons (Fsp3) is 0.500. The molecule has 1 saturated heterocycles. The van der Waals surface area contributed by atoms with Crippen LogP contribution in [0, 0.1) is 6.92 Å². The van der Waals surface area contributed by atoms with Crippen molar-refractivity contribution >= 4 is 31.6 Å². The van der Waals surface area contributed by atoms with E-state index in [0.29, 0.717) is 17.9 Å². The highest BCUT2D eigenvalue weighted by atomic mass is 32.2. The first-order chi connectivity index (χ1) is 14.7. The second kappa shape index (κ2) is 8.49. The van der Waals surface area contributed by atoms with E-state index in [4.69, 9.17) is 4.74 Å². The molecule has 12 heteroatoms. The number of rotatable bonds is 6. The molecular weight excluding hydrogens is 456 g/mol. The van der Waals surface area contributed by atoms with E-state index < -0.39 is 31.3 Å². The Morgan fingerprint density at radius 1 is 1.25 bits per heavy atom. The molecule has 10 nitrogen and oxygen atoms in total. The lowest BCUT2D eigenvalue weighted by Crippen LogP contribution is -2.40. The molecule has 32 heavy (non-hydrogen) atoms. The molecule has 2 aromatic rings. The number of aryl methyl sites for hydroxylation is 1. The standard InChI is InChI=1S/C20H28N4O6S2/c1-13-10-18(24(22-13)15-8-9-31(26,27)12-15)21-19(25)14-6-7-16(30-5)17(11-14)32(28,29)23-20(2,3)4/h6-7,10-11,15,23H,8-9,12H2,1-5H3,(H,21,25). The zero-order chi connectivity index (χ0) is 23.9. The minimum Gasteiger partial charge on any atom is -0.495 e. The van der Waals surface area contributed by atoms with E-state index >= 15 is 0 Å². The number of amides is 1. The van der Waals surface area contributed by atoms with E-state index in [1.807, 2.05) is 0 Å². The van der Waals surface area contributed by atoms with Gasteiger partial charge in [-0.2, -0.15) is 5.10 Å². The number of hydrogen-bond donors (Lipinski definition) is 2. The van der Waals surface area contributed by atoms with Crippen molar-refractivity contribution in [2.45, 2.75) is 50.6 Å². The molecule has 0 saturated carbocycles. The molecule has 1 aliphatic heterocycles. The van der Waals surface area contributed by atoms with Gasteiger partial charge in [0.15, 0.2) is 9.84 Å². The molecule has 1 unspecified atom stereocenters. The number of benzene rings is 1. The van der Waals surface area contributed by atoms with Gasteiger partial charge in [0, 0.05) is 17.2 Å². The molecule has 1 atom stereocenters. The average molecular weight is 485 g/mol. The topological polar surface area (TPSA) is 136 Å². The number of anilines is 1. The van der Waals surface area contributed by atoms with E-state index in [9.17, 15) is 21.6 Å². The second-order valence-corrected chi connectivity index (χ2v) is 12.7. The van der Waals surface area contributed by atoms with Gasteiger partial charge in [0.05, 0.1) is 30.4 Å². The molecule has 3 rings (SSSR count). The highest BCUT2D eigenvalue weighted by molar-refractivity contribution is 7.91. The maximum Gasteiger partial charge on any atom is 0.256 e. The van der Waals surface area contributed by atoms with Crippen LogP contribution in [-0.4, -0.2) is 56.7 Å². The van der Waals surface area contributed by atoms with Crippen molar-refractivity contribution in [3.63, 3.8) is 0 Å². The average Bonchev–Trinajstić information content (AvgIpc) is 3.20. The van der Waals surface area contributed by atoms with Crippen molar-refractivity contribution in [1.82, 2.24) is 14.5 Å². The Labute approximate surface area is 188 Å².